The number of hydrogen-bond donors (Lipinski definition) is 0. The van der Waals surface area contributed by atoms with Crippen molar-refractivity contribution in [1.82, 2.24) is 9.21 Å². The van der Waals surface area contributed by atoms with E-state index in [-0.39, 0.29) is 29.4 Å². The number of benzene rings is 1. The summed E-state index contributed by atoms with van der Waals surface area (Å²) in [6.07, 6.45) is 0.697. The zero-order chi connectivity index (χ0) is 20.4. The first-order valence-corrected chi connectivity index (χ1v) is 12.4. The molecule has 1 unspecified atom stereocenters. The molecule has 158 valence electrons. The van der Waals surface area contributed by atoms with Crippen LogP contribution in [-0.4, -0.2) is 83.0 Å². The van der Waals surface area contributed by atoms with Crippen molar-refractivity contribution in [2.75, 3.05) is 50.9 Å². The molecular weight excluding hydrogens is 414 g/mol. The molecule has 0 N–H and O–H groups in total. The molecule has 0 bridgehead atoms. The van der Waals surface area contributed by atoms with E-state index in [0.29, 0.717) is 32.2 Å². The second kappa shape index (κ2) is 8.70. The van der Waals surface area contributed by atoms with Gasteiger partial charge >= 0.3 is 0 Å². The lowest BCUT2D eigenvalue weighted by molar-refractivity contribution is 0.0367. The Hall–Kier alpha value is -1.14. The topological polar surface area (TPSA) is 84.0 Å². The zero-order valence-corrected chi connectivity index (χ0v) is 17.0. The summed E-state index contributed by atoms with van der Waals surface area (Å²) in [5, 5.41) is 0. The Morgan fingerprint density at radius 1 is 1.18 bits per heavy atom. The molecular formula is C17H24F2N2O5S2. The number of sulfonamides is 1. The van der Waals surface area contributed by atoms with Crippen molar-refractivity contribution in [2.24, 2.45) is 0 Å². The van der Waals surface area contributed by atoms with Gasteiger partial charge in [-0.2, -0.15) is 4.31 Å². The maximum absolute atomic E-state index is 13.6. The molecule has 0 saturated carbocycles. The first-order chi connectivity index (χ1) is 13.2. The Bertz CT molecular complexity index is 902. The molecule has 0 spiro atoms. The average molecular weight is 439 g/mol. The van der Waals surface area contributed by atoms with Crippen molar-refractivity contribution >= 4 is 19.9 Å². The zero-order valence-electron chi connectivity index (χ0n) is 15.4. The second-order valence-electron chi connectivity index (χ2n) is 7.06. The van der Waals surface area contributed by atoms with Crippen LogP contribution in [0.2, 0.25) is 0 Å². The average Bonchev–Trinajstić information content (AvgIpc) is 3.01. The maximum Gasteiger partial charge on any atom is 0.243 e. The van der Waals surface area contributed by atoms with Gasteiger partial charge in [-0.05, 0) is 37.6 Å². The number of morpholine rings is 1. The van der Waals surface area contributed by atoms with E-state index in [2.05, 4.69) is 4.90 Å². The fourth-order valence-corrected chi connectivity index (χ4v) is 7.08. The number of rotatable bonds is 7. The van der Waals surface area contributed by atoms with E-state index < -0.39 is 37.5 Å². The summed E-state index contributed by atoms with van der Waals surface area (Å²) in [5.41, 5.74) is 0. The van der Waals surface area contributed by atoms with Crippen LogP contribution in [-0.2, 0) is 24.6 Å². The van der Waals surface area contributed by atoms with Gasteiger partial charge in [0.15, 0.2) is 21.5 Å². The fourth-order valence-electron chi connectivity index (χ4n) is 3.55. The van der Waals surface area contributed by atoms with E-state index in [1.54, 1.807) is 0 Å². The SMILES string of the molecule is O=S1(=O)CCC(N(CCCN2CCOCC2)S(=O)(=O)c2ccc(F)c(F)c2)C1. The van der Waals surface area contributed by atoms with Crippen molar-refractivity contribution in [2.45, 2.75) is 23.8 Å². The molecule has 1 aromatic carbocycles. The lowest BCUT2D eigenvalue weighted by Gasteiger charge is -2.30. The van der Waals surface area contributed by atoms with Crippen LogP contribution in [0.4, 0.5) is 8.78 Å². The first kappa shape index (κ1) is 21.6. The fraction of sp³-hybridized carbons (Fsp3) is 0.647. The summed E-state index contributed by atoms with van der Waals surface area (Å²) < 4.78 is 83.2. The van der Waals surface area contributed by atoms with Gasteiger partial charge in [0.05, 0.1) is 29.6 Å². The van der Waals surface area contributed by atoms with Crippen LogP contribution in [0.25, 0.3) is 0 Å². The van der Waals surface area contributed by atoms with Gasteiger partial charge in [0.25, 0.3) is 0 Å². The predicted molar refractivity (Wildman–Crippen MR) is 99.2 cm³/mol. The highest BCUT2D eigenvalue weighted by Gasteiger charge is 2.38. The Kier molecular flexibility index (Phi) is 6.70. The van der Waals surface area contributed by atoms with Gasteiger partial charge in [-0.3, -0.25) is 4.90 Å². The van der Waals surface area contributed by atoms with E-state index >= 15 is 0 Å². The number of hydrogen-bond acceptors (Lipinski definition) is 6. The predicted octanol–water partition coefficient (Wildman–Crippen LogP) is 0.865. The first-order valence-electron chi connectivity index (χ1n) is 9.16. The molecule has 0 amide bonds. The van der Waals surface area contributed by atoms with Crippen LogP contribution in [0, 0.1) is 11.6 Å². The lowest BCUT2D eigenvalue weighted by atomic mass is 10.2. The van der Waals surface area contributed by atoms with Crippen LogP contribution >= 0.6 is 0 Å². The number of halogens is 2. The molecule has 11 heteroatoms. The highest BCUT2D eigenvalue weighted by Crippen LogP contribution is 2.26. The molecule has 0 aromatic heterocycles. The largest absolute Gasteiger partial charge is 0.379 e. The Balaban J connectivity index is 1.79. The molecule has 3 rings (SSSR count). The molecule has 2 heterocycles. The van der Waals surface area contributed by atoms with E-state index in [9.17, 15) is 25.6 Å². The van der Waals surface area contributed by atoms with Gasteiger partial charge in [-0.15, -0.1) is 0 Å². The third-order valence-corrected chi connectivity index (χ3v) is 8.77. The third-order valence-electron chi connectivity index (χ3n) is 5.07. The van der Waals surface area contributed by atoms with E-state index in [1.165, 1.54) is 0 Å². The van der Waals surface area contributed by atoms with Gasteiger partial charge in [-0.1, -0.05) is 0 Å². The van der Waals surface area contributed by atoms with Crippen molar-refractivity contribution in [3.05, 3.63) is 29.8 Å². The normalized spacial score (nSPS) is 23.3. The second-order valence-corrected chi connectivity index (χ2v) is 11.2. The Labute approximate surface area is 164 Å². The standard InChI is InChI=1S/C17H24F2N2O5S2/c18-16-3-2-15(12-17(16)19)28(24,25)21(14-4-11-27(22,23)13-14)6-1-5-20-7-9-26-10-8-20/h2-3,12,14H,1,4-11,13H2. The highest BCUT2D eigenvalue weighted by atomic mass is 32.2. The summed E-state index contributed by atoms with van der Waals surface area (Å²) in [5.74, 6) is -2.73. The van der Waals surface area contributed by atoms with Crippen molar-refractivity contribution in [1.29, 1.82) is 0 Å². The van der Waals surface area contributed by atoms with Gasteiger partial charge in [-0.25, -0.2) is 25.6 Å². The number of sulfone groups is 1. The highest BCUT2D eigenvalue weighted by molar-refractivity contribution is 7.92. The molecule has 1 aromatic rings. The quantitative estimate of drug-likeness (QED) is 0.628. The molecule has 2 saturated heterocycles. The maximum atomic E-state index is 13.6. The van der Waals surface area contributed by atoms with Crippen LogP contribution < -0.4 is 0 Å². The van der Waals surface area contributed by atoms with Crippen molar-refractivity contribution in [3.63, 3.8) is 0 Å². The van der Waals surface area contributed by atoms with Gasteiger partial charge in [0.2, 0.25) is 10.0 Å². The minimum atomic E-state index is -4.16. The Morgan fingerprint density at radius 2 is 1.89 bits per heavy atom. The van der Waals surface area contributed by atoms with Gasteiger partial charge in [0, 0.05) is 25.7 Å². The molecule has 2 aliphatic heterocycles. The van der Waals surface area contributed by atoms with Crippen LogP contribution in [0.3, 0.4) is 0 Å². The Morgan fingerprint density at radius 3 is 2.50 bits per heavy atom. The summed E-state index contributed by atoms with van der Waals surface area (Å²) in [6, 6.07) is 1.71. The smallest absolute Gasteiger partial charge is 0.243 e. The molecule has 28 heavy (non-hydrogen) atoms. The van der Waals surface area contributed by atoms with E-state index in [1.807, 2.05) is 0 Å². The van der Waals surface area contributed by atoms with Crippen LogP contribution in [0.1, 0.15) is 12.8 Å². The third kappa shape index (κ3) is 5.07. The van der Waals surface area contributed by atoms with Crippen LogP contribution in [0.5, 0.6) is 0 Å². The molecule has 1 atom stereocenters. The molecule has 0 radical (unpaired) electrons. The van der Waals surface area contributed by atoms with Crippen molar-refractivity contribution < 1.29 is 30.4 Å². The number of ether oxygens (including phenoxy) is 1. The minimum absolute atomic E-state index is 0.0784. The molecule has 2 aliphatic rings. The van der Waals surface area contributed by atoms with Gasteiger partial charge < -0.3 is 4.74 Å². The summed E-state index contributed by atoms with van der Waals surface area (Å²) in [4.78, 5) is 1.78. The number of nitrogens with zero attached hydrogens (tertiary/aromatic N) is 2. The monoisotopic (exact) mass is 438 g/mol. The lowest BCUT2D eigenvalue weighted by Crippen LogP contribution is -2.43. The molecule has 0 aliphatic carbocycles. The molecule has 2 fully saturated rings. The van der Waals surface area contributed by atoms with E-state index in [0.717, 1.165) is 29.5 Å². The van der Waals surface area contributed by atoms with Crippen LogP contribution in [0.15, 0.2) is 23.1 Å². The molecule has 7 nitrogen and oxygen atoms in total. The van der Waals surface area contributed by atoms with Crippen molar-refractivity contribution in [3.8, 4) is 0 Å². The summed E-state index contributed by atoms with van der Waals surface area (Å²) in [7, 11) is -7.47. The summed E-state index contributed by atoms with van der Waals surface area (Å²) >= 11 is 0. The summed E-state index contributed by atoms with van der Waals surface area (Å²) in [6.45, 7) is 3.52. The van der Waals surface area contributed by atoms with Gasteiger partial charge in [0.1, 0.15) is 0 Å². The minimum Gasteiger partial charge on any atom is -0.379 e. The van der Waals surface area contributed by atoms with E-state index in [4.69, 9.17) is 4.74 Å².